The van der Waals surface area contributed by atoms with E-state index in [-0.39, 0.29) is 5.57 Å². The van der Waals surface area contributed by atoms with Crippen LogP contribution in [-0.4, -0.2) is 19.6 Å². The lowest BCUT2D eigenvalue weighted by Crippen LogP contribution is -2.14. The van der Waals surface area contributed by atoms with Gasteiger partial charge in [0.2, 0.25) is 0 Å². The highest BCUT2D eigenvalue weighted by atomic mass is 127. The van der Waals surface area contributed by atoms with Crippen LogP contribution < -0.4 is 14.8 Å². The van der Waals surface area contributed by atoms with Crippen molar-refractivity contribution < 1.29 is 14.3 Å². The van der Waals surface area contributed by atoms with Crippen molar-refractivity contribution in [3.63, 3.8) is 0 Å². The van der Waals surface area contributed by atoms with E-state index in [0.29, 0.717) is 34.4 Å². The van der Waals surface area contributed by atoms with Crippen LogP contribution in [0.15, 0.2) is 35.9 Å². The van der Waals surface area contributed by atoms with Crippen LogP contribution in [0, 0.1) is 21.8 Å². The second kappa shape index (κ2) is 9.62. The number of carbonyl (C=O) groups is 1. The second-order valence-corrected chi connectivity index (χ2v) is 7.15. The average Bonchev–Trinajstić information content (AvgIpc) is 2.62. The first-order chi connectivity index (χ1) is 12.9. The summed E-state index contributed by atoms with van der Waals surface area (Å²) in [5.41, 5.74) is 2.05. The summed E-state index contributed by atoms with van der Waals surface area (Å²) in [7, 11) is 1.57. The van der Waals surface area contributed by atoms with Gasteiger partial charge in [-0.1, -0.05) is 17.7 Å². The fraction of sp³-hybridized carbons (Fsp3) is 0.200. The van der Waals surface area contributed by atoms with Crippen molar-refractivity contribution in [2.75, 3.05) is 19.0 Å². The van der Waals surface area contributed by atoms with Gasteiger partial charge in [-0.05, 0) is 77.9 Å². The number of nitrogens with one attached hydrogen (secondary N) is 1. The van der Waals surface area contributed by atoms with E-state index in [1.807, 2.05) is 26.0 Å². The van der Waals surface area contributed by atoms with Gasteiger partial charge >= 0.3 is 0 Å². The third kappa shape index (κ3) is 5.37. The minimum absolute atomic E-state index is 0.0298. The zero-order valence-corrected chi connectivity index (χ0v) is 18.0. The SMILES string of the molecule is CCOc1cc(/C=C(\C#N)C(=O)Nc2cc(Cl)ccc2C)cc(I)c1OC. The maximum Gasteiger partial charge on any atom is 0.266 e. The van der Waals surface area contributed by atoms with E-state index in [9.17, 15) is 10.1 Å². The number of nitrogens with zero attached hydrogens (tertiary/aromatic N) is 1. The molecule has 2 rings (SSSR count). The molecule has 0 aromatic heterocycles. The molecule has 0 atom stereocenters. The lowest BCUT2D eigenvalue weighted by atomic mass is 10.1. The number of rotatable bonds is 6. The summed E-state index contributed by atoms with van der Waals surface area (Å²) < 4.78 is 11.8. The van der Waals surface area contributed by atoms with E-state index in [1.54, 1.807) is 31.4 Å². The monoisotopic (exact) mass is 496 g/mol. The van der Waals surface area contributed by atoms with Crippen LogP contribution in [0.3, 0.4) is 0 Å². The van der Waals surface area contributed by atoms with E-state index in [4.69, 9.17) is 21.1 Å². The molecule has 1 amide bonds. The van der Waals surface area contributed by atoms with Crippen LogP contribution in [0.1, 0.15) is 18.1 Å². The molecular weight excluding hydrogens is 479 g/mol. The molecule has 0 bridgehead atoms. The lowest BCUT2D eigenvalue weighted by Gasteiger charge is -2.12. The normalized spacial score (nSPS) is 10.9. The van der Waals surface area contributed by atoms with Gasteiger partial charge in [0.25, 0.3) is 5.91 Å². The number of ether oxygens (including phenoxy) is 2. The van der Waals surface area contributed by atoms with Gasteiger partial charge in [0.05, 0.1) is 17.3 Å². The number of benzene rings is 2. The largest absolute Gasteiger partial charge is 0.492 e. The Morgan fingerprint density at radius 3 is 2.74 bits per heavy atom. The molecule has 0 fully saturated rings. The molecule has 2 aromatic carbocycles. The van der Waals surface area contributed by atoms with Crippen molar-refractivity contribution in [3.05, 3.63) is 55.6 Å². The molecule has 1 N–H and O–H groups in total. The number of halogens is 2. The van der Waals surface area contributed by atoms with E-state index < -0.39 is 5.91 Å². The summed E-state index contributed by atoms with van der Waals surface area (Å²) in [5.74, 6) is 0.667. The summed E-state index contributed by atoms with van der Waals surface area (Å²) in [4.78, 5) is 12.5. The van der Waals surface area contributed by atoms with Crippen molar-refractivity contribution >= 4 is 51.9 Å². The molecule has 0 saturated carbocycles. The molecule has 0 spiro atoms. The third-order valence-corrected chi connectivity index (χ3v) is 4.70. The predicted octanol–water partition coefficient (Wildman–Crippen LogP) is 5.21. The molecule has 0 aliphatic carbocycles. The average molecular weight is 497 g/mol. The Hall–Kier alpha value is -2.24. The Morgan fingerprint density at radius 2 is 2.11 bits per heavy atom. The van der Waals surface area contributed by atoms with Gasteiger partial charge < -0.3 is 14.8 Å². The van der Waals surface area contributed by atoms with Crippen LogP contribution in [0.5, 0.6) is 11.5 Å². The topological polar surface area (TPSA) is 71.3 Å². The number of nitriles is 1. The van der Waals surface area contributed by atoms with Crippen LogP contribution in [0.25, 0.3) is 6.08 Å². The number of carbonyl (C=O) groups excluding carboxylic acids is 1. The van der Waals surface area contributed by atoms with Crippen LogP contribution >= 0.6 is 34.2 Å². The maximum atomic E-state index is 12.5. The van der Waals surface area contributed by atoms with Gasteiger partial charge in [0, 0.05) is 10.7 Å². The first kappa shape index (κ1) is 21.1. The molecule has 5 nitrogen and oxygen atoms in total. The Kier molecular flexibility index (Phi) is 7.51. The first-order valence-corrected chi connectivity index (χ1v) is 9.54. The Balaban J connectivity index is 2.36. The van der Waals surface area contributed by atoms with E-state index >= 15 is 0 Å². The van der Waals surface area contributed by atoms with Gasteiger partial charge in [0.15, 0.2) is 11.5 Å². The molecule has 27 heavy (non-hydrogen) atoms. The van der Waals surface area contributed by atoms with Gasteiger partial charge in [-0.25, -0.2) is 0 Å². The van der Waals surface area contributed by atoms with Gasteiger partial charge in [-0.2, -0.15) is 5.26 Å². The fourth-order valence-electron chi connectivity index (χ4n) is 2.37. The van der Waals surface area contributed by atoms with Crippen molar-refractivity contribution in [2.24, 2.45) is 0 Å². The molecule has 0 aliphatic heterocycles. The van der Waals surface area contributed by atoms with Crippen LogP contribution in [0.2, 0.25) is 5.02 Å². The Morgan fingerprint density at radius 1 is 1.37 bits per heavy atom. The Bertz CT molecular complexity index is 936. The number of anilines is 1. The van der Waals surface area contributed by atoms with Crippen molar-refractivity contribution in [1.82, 2.24) is 0 Å². The van der Waals surface area contributed by atoms with Gasteiger partial charge in [-0.3, -0.25) is 4.79 Å². The quantitative estimate of drug-likeness (QED) is 0.339. The van der Waals surface area contributed by atoms with Crippen LogP contribution in [-0.2, 0) is 4.79 Å². The highest BCUT2D eigenvalue weighted by Crippen LogP contribution is 2.34. The molecular formula is C20H18ClIN2O3. The zero-order chi connectivity index (χ0) is 20.0. The fourth-order valence-corrected chi connectivity index (χ4v) is 3.38. The molecule has 0 aliphatic rings. The molecule has 140 valence electrons. The zero-order valence-electron chi connectivity index (χ0n) is 15.1. The van der Waals surface area contributed by atoms with Gasteiger partial charge in [0.1, 0.15) is 11.6 Å². The summed E-state index contributed by atoms with van der Waals surface area (Å²) in [6, 6.07) is 10.7. The highest BCUT2D eigenvalue weighted by Gasteiger charge is 2.14. The smallest absolute Gasteiger partial charge is 0.266 e. The van der Waals surface area contributed by atoms with E-state index in [2.05, 4.69) is 27.9 Å². The van der Waals surface area contributed by atoms with E-state index in [0.717, 1.165) is 9.13 Å². The number of hydrogen-bond acceptors (Lipinski definition) is 4. The number of hydrogen-bond donors (Lipinski definition) is 1. The van der Waals surface area contributed by atoms with E-state index in [1.165, 1.54) is 6.08 Å². The second-order valence-electron chi connectivity index (χ2n) is 5.55. The standard InChI is InChI=1S/C20H18ClIN2O3/c1-4-27-18-9-13(8-16(22)19(18)26-3)7-14(11-23)20(25)24-17-10-15(21)6-5-12(17)2/h5-10H,4H2,1-3H3,(H,24,25)/b14-7+. The molecule has 0 heterocycles. The predicted molar refractivity (Wildman–Crippen MR) is 115 cm³/mol. The Labute approximate surface area is 177 Å². The summed E-state index contributed by atoms with van der Waals surface area (Å²) in [6.45, 7) is 4.19. The highest BCUT2D eigenvalue weighted by molar-refractivity contribution is 14.1. The van der Waals surface area contributed by atoms with Crippen molar-refractivity contribution in [2.45, 2.75) is 13.8 Å². The summed E-state index contributed by atoms with van der Waals surface area (Å²) >= 11 is 8.10. The lowest BCUT2D eigenvalue weighted by molar-refractivity contribution is -0.112. The molecule has 0 unspecified atom stereocenters. The number of aryl methyl sites for hydroxylation is 1. The maximum absolute atomic E-state index is 12.5. The molecule has 7 heteroatoms. The number of amides is 1. The van der Waals surface area contributed by atoms with Gasteiger partial charge in [-0.15, -0.1) is 0 Å². The summed E-state index contributed by atoms with van der Waals surface area (Å²) in [5, 5.41) is 12.7. The minimum Gasteiger partial charge on any atom is -0.492 e. The summed E-state index contributed by atoms with van der Waals surface area (Å²) in [6.07, 6.45) is 1.51. The molecule has 0 radical (unpaired) electrons. The van der Waals surface area contributed by atoms with Crippen molar-refractivity contribution in [3.8, 4) is 17.6 Å². The number of methoxy groups -OCH3 is 1. The molecule has 2 aromatic rings. The first-order valence-electron chi connectivity index (χ1n) is 8.09. The third-order valence-electron chi connectivity index (χ3n) is 3.66. The molecule has 0 saturated heterocycles. The minimum atomic E-state index is -0.508. The van der Waals surface area contributed by atoms with Crippen molar-refractivity contribution in [1.29, 1.82) is 5.26 Å². The van der Waals surface area contributed by atoms with Crippen LogP contribution in [0.4, 0.5) is 5.69 Å².